The third-order valence-electron chi connectivity index (χ3n) is 3.45. The Labute approximate surface area is 125 Å². The Morgan fingerprint density at radius 2 is 1.71 bits per heavy atom. The van der Waals surface area contributed by atoms with E-state index in [2.05, 4.69) is 10.2 Å². The zero-order chi connectivity index (χ0) is 15.2. The number of nitrogens with zero attached hydrogens (tertiary/aromatic N) is 3. The number of urea groups is 1. The lowest BCUT2D eigenvalue weighted by molar-refractivity contribution is -0.117. The molecular weight excluding hydrogens is 268 g/mol. The Hall–Kier alpha value is -2.08. The molecule has 2 rings (SSSR count). The first kappa shape index (κ1) is 15.3. The molecule has 0 unspecified atom stereocenters. The number of nitrogens with one attached hydrogen (secondary N) is 1. The lowest BCUT2D eigenvalue weighted by Gasteiger charge is -2.35. The number of rotatable bonds is 3. The molecule has 0 saturated carbocycles. The summed E-state index contributed by atoms with van der Waals surface area (Å²) in [4.78, 5) is 29.2. The summed E-state index contributed by atoms with van der Waals surface area (Å²) < 4.78 is 0. The molecule has 1 heterocycles. The van der Waals surface area contributed by atoms with Crippen LogP contribution in [0.25, 0.3) is 0 Å². The Bertz CT molecular complexity index is 482. The lowest BCUT2D eigenvalue weighted by Crippen LogP contribution is -2.52. The van der Waals surface area contributed by atoms with E-state index in [1.54, 1.807) is 19.0 Å². The molecule has 0 spiro atoms. The highest BCUT2D eigenvalue weighted by molar-refractivity contribution is 5.92. The highest BCUT2D eigenvalue weighted by Crippen LogP contribution is 2.07. The van der Waals surface area contributed by atoms with Crippen molar-refractivity contribution >= 4 is 17.6 Å². The molecule has 6 nitrogen and oxygen atoms in total. The van der Waals surface area contributed by atoms with Gasteiger partial charge in [-0.3, -0.25) is 9.69 Å². The summed E-state index contributed by atoms with van der Waals surface area (Å²) >= 11 is 0. The van der Waals surface area contributed by atoms with Gasteiger partial charge >= 0.3 is 6.03 Å². The van der Waals surface area contributed by atoms with Crippen molar-refractivity contribution in [2.24, 2.45) is 0 Å². The summed E-state index contributed by atoms with van der Waals surface area (Å²) in [5, 5.41) is 2.87. The second-order valence-electron chi connectivity index (χ2n) is 5.35. The normalized spacial score (nSPS) is 15.6. The van der Waals surface area contributed by atoms with Crippen molar-refractivity contribution in [2.45, 2.75) is 0 Å². The van der Waals surface area contributed by atoms with Gasteiger partial charge in [-0.2, -0.15) is 0 Å². The lowest BCUT2D eigenvalue weighted by atomic mass is 10.3. The number of hydrogen-bond donors (Lipinski definition) is 1. The fourth-order valence-electron chi connectivity index (χ4n) is 2.31. The Morgan fingerprint density at radius 1 is 1.10 bits per heavy atom. The minimum absolute atomic E-state index is 0.0198. The van der Waals surface area contributed by atoms with Crippen molar-refractivity contribution in [1.82, 2.24) is 14.7 Å². The first-order valence-electron chi connectivity index (χ1n) is 7.10. The van der Waals surface area contributed by atoms with Crippen molar-refractivity contribution in [1.29, 1.82) is 0 Å². The molecule has 0 bridgehead atoms. The van der Waals surface area contributed by atoms with Crippen molar-refractivity contribution in [3.8, 4) is 0 Å². The zero-order valence-electron chi connectivity index (χ0n) is 12.6. The molecule has 1 aliphatic heterocycles. The molecule has 1 aromatic carbocycles. The van der Waals surface area contributed by atoms with Gasteiger partial charge in [0.1, 0.15) is 0 Å². The number of carbonyl (C=O) groups is 2. The number of hydrogen-bond acceptors (Lipinski definition) is 3. The third-order valence-corrected chi connectivity index (χ3v) is 3.45. The van der Waals surface area contributed by atoms with Crippen LogP contribution in [0, 0.1) is 0 Å². The Kier molecular flexibility index (Phi) is 5.16. The van der Waals surface area contributed by atoms with Crippen LogP contribution in [0.15, 0.2) is 30.3 Å². The maximum Gasteiger partial charge on any atom is 0.319 e. The van der Waals surface area contributed by atoms with E-state index in [4.69, 9.17) is 0 Å². The molecule has 114 valence electrons. The van der Waals surface area contributed by atoms with Gasteiger partial charge < -0.3 is 15.1 Å². The van der Waals surface area contributed by atoms with Crippen molar-refractivity contribution in [3.63, 3.8) is 0 Å². The second-order valence-corrected chi connectivity index (χ2v) is 5.35. The van der Waals surface area contributed by atoms with Crippen LogP contribution in [-0.2, 0) is 4.79 Å². The van der Waals surface area contributed by atoms with Gasteiger partial charge in [0, 0.05) is 46.0 Å². The smallest absolute Gasteiger partial charge is 0.319 e. The van der Waals surface area contributed by atoms with E-state index in [1.165, 1.54) is 0 Å². The van der Waals surface area contributed by atoms with E-state index in [9.17, 15) is 9.59 Å². The van der Waals surface area contributed by atoms with Crippen LogP contribution >= 0.6 is 0 Å². The van der Waals surface area contributed by atoms with Gasteiger partial charge in [0.25, 0.3) is 0 Å². The fourth-order valence-corrected chi connectivity index (χ4v) is 2.31. The molecule has 0 radical (unpaired) electrons. The minimum Gasteiger partial charge on any atom is -0.331 e. The number of para-hydroxylation sites is 1. The van der Waals surface area contributed by atoms with Crippen LogP contribution < -0.4 is 5.32 Å². The van der Waals surface area contributed by atoms with Crippen molar-refractivity contribution in [2.75, 3.05) is 52.1 Å². The van der Waals surface area contributed by atoms with E-state index in [0.717, 1.165) is 18.8 Å². The van der Waals surface area contributed by atoms with Gasteiger partial charge in [-0.05, 0) is 12.1 Å². The molecule has 1 aliphatic rings. The summed E-state index contributed by atoms with van der Waals surface area (Å²) in [6, 6.07) is 9.46. The molecule has 21 heavy (non-hydrogen) atoms. The molecule has 0 aliphatic carbocycles. The first-order valence-corrected chi connectivity index (χ1v) is 7.10. The van der Waals surface area contributed by atoms with E-state index in [1.807, 2.05) is 35.2 Å². The molecule has 0 aromatic heterocycles. The minimum atomic E-state index is -0.0198. The van der Waals surface area contributed by atoms with Gasteiger partial charge in [0.15, 0.2) is 0 Å². The SMILES string of the molecule is CN(C)C(=O)N1CCN(CC(=O)Nc2ccccc2)CC1. The maximum absolute atomic E-state index is 12.0. The quantitative estimate of drug-likeness (QED) is 0.901. The molecule has 1 saturated heterocycles. The monoisotopic (exact) mass is 290 g/mol. The Balaban J connectivity index is 1.76. The topological polar surface area (TPSA) is 55.9 Å². The summed E-state index contributed by atoms with van der Waals surface area (Å²) in [7, 11) is 3.50. The van der Waals surface area contributed by atoms with Crippen LogP contribution in [0.2, 0.25) is 0 Å². The van der Waals surface area contributed by atoms with Gasteiger partial charge in [0.2, 0.25) is 5.91 Å². The highest BCUT2D eigenvalue weighted by atomic mass is 16.2. The molecule has 3 amide bonds. The largest absolute Gasteiger partial charge is 0.331 e. The average Bonchev–Trinajstić information content (AvgIpc) is 2.48. The predicted molar refractivity (Wildman–Crippen MR) is 82.2 cm³/mol. The zero-order valence-corrected chi connectivity index (χ0v) is 12.6. The van der Waals surface area contributed by atoms with Gasteiger partial charge in [-0.25, -0.2) is 4.79 Å². The molecule has 6 heteroatoms. The maximum atomic E-state index is 12.0. The number of carbonyl (C=O) groups excluding carboxylic acids is 2. The fraction of sp³-hybridized carbons (Fsp3) is 0.467. The van der Waals surface area contributed by atoms with E-state index >= 15 is 0 Å². The number of benzene rings is 1. The van der Waals surface area contributed by atoms with Crippen molar-refractivity contribution in [3.05, 3.63) is 30.3 Å². The van der Waals surface area contributed by atoms with Crippen LogP contribution in [0.3, 0.4) is 0 Å². The van der Waals surface area contributed by atoms with Gasteiger partial charge in [-0.1, -0.05) is 18.2 Å². The standard InChI is InChI=1S/C15H22N4O2/c1-17(2)15(21)19-10-8-18(9-11-19)12-14(20)16-13-6-4-3-5-7-13/h3-7H,8-12H2,1-2H3,(H,16,20). The molecule has 0 atom stereocenters. The van der Waals surface area contributed by atoms with E-state index in [0.29, 0.717) is 19.6 Å². The van der Waals surface area contributed by atoms with Gasteiger partial charge in [-0.15, -0.1) is 0 Å². The molecule has 1 N–H and O–H groups in total. The average molecular weight is 290 g/mol. The molecular formula is C15H22N4O2. The van der Waals surface area contributed by atoms with Crippen LogP contribution in [0.4, 0.5) is 10.5 Å². The number of anilines is 1. The summed E-state index contributed by atoms with van der Waals surface area (Å²) in [5.74, 6) is -0.0198. The summed E-state index contributed by atoms with van der Waals surface area (Å²) in [5.41, 5.74) is 0.809. The van der Waals surface area contributed by atoms with Crippen LogP contribution in [0.5, 0.6) is 0 Å². The van der Waals surface area contributed by atoms with E-state index in [-0.39, 0.29) is 11.9 Å². The number of amides is 3. The second kappa shape index (κ2) is 7.08. The van der Waals surface area contributed by atoms with Crippen LogP contribution in [0.1, 0.15) is 0 Å². The van der Waals surface area contributed by atoms with E-state index < -0.39 is 0 Å². The summed E-state index contributed by atoms with van der Waals surface area (Å²) in [6.07, 6.45) is 0. The first-order chi connectivity index (χ1) is 10.1. The predicted octanol–water partition coefficient (Wildman–Crippen LogP) is 0.924. The summed E-state index contributed by atoms with van der Waals surface area (Å²) in [6.45, 7) is 3.13. The third kappa shape index (κ3) is 4.46. The van der Waals surface area contributed by atoms with Crippen LogP contribution in [-0.4, -0.2) is 73.5 Å². The Morgan fingerprint density at radius 3 is 2.29 bits per heavy atom. The van der Waals surface area contributed by atoms with Gasteiger partial charge in [0.05, 0.1) is 6.54 Å². The molecule has 1 aromatic rings. The number of piperazine rings is 1. The molecule has 1 fully saturated rings. The highest BCUT2D eigenvalue weighted by Gasteiger charge is 2.23. The van der Waals surface area contributed by atoms with Crippen molar-refractivity contribution < 1.29 is 9.59 Å².